The Hall–Kier alpha value is -1.36. The molecule has 0 atom stereocenters. The Kier molecular flexibility index (Phi) is 2.44. The number of hydrogen-bond acceptors (Lipinski definition) is 5. The zero-order chi connectivity index (χ0) is 9.14. The van der Waals surface area contributed by atoms with Gasteiger partial charge >= 0.3 is 0 Å². The van der Waals surface area contributed by atoms with Crippen molar-refractivity contribution in [1.29, 1.82) is 0 Å². The van der Waals surface area contributed by atoms with E-state index in [9.17, 15) is 0 Å². The van der Waals surface area contributed by atoms with Gasteiger partial charge in [-0.2, -0.15) is 0 Å². The third-order valence-electron chi connectivity index (χ3n) is 1.49. The molecule has 66 valence electrons. The molecule has 0 radical (unpaired) electrons. The molecule has 0 aliphatic carbocycles. The second kappa shape index (κ2) is 3.36. The molecule has 0 aliphatic rings. The Morgan fingerprint density at radius 1 is 1.50 bits per heavy atom. The molecule has 1 aromatic rings. The van der Waals surface area contributed by atoms with Crippen LogP contribution in [0.1, 0.15) is 25.6 Å². The zero-order valence-electron chi connectivity index (χ0n) is 7.20. The summed E-state index contributed by atoms with van der Waals surface area (Å²) in [5, 5.41) is 0. The van der Waals surface area contributed by atoms with Crippen LogP contribution in [0.5, 0.6) is 0 Å². The van der Waals surface area contributed by atoms with Crippen molar-refractivity contribution >= 4 is 11.5 Å². The lowest BCUT2D eigenvalue weighted by Crippen LogP contribution is -2.13. The molecule has 0 saturated carbocycles. The van der Waals surface area contributed by atoms with E-state index in [4.69, 9.17) is 11.6 Å². The fourth-order valence-corrected chi connectivity index (χ4v) is 0.799. The van der Waals surface area contributed by atoms with Gasteiger partial charge in [-0.25, -0.2) is 15.8 Å². The van der Waals surface area contributed by atoms with Crippen LogP contribution >= 0.6 is 0 Å². The second-order valence-electron chi connectivity index (χ2n) is 2.83. The van der Waals surface area contributed by atoms with Crippen molar-refractivity contribution in [2.24, 2.45) is 5.84 Å². The lowest BCUT2D eigenvalue weighted by molar-refractivity contribution is 0.776. The number of aromatic nitrogens is 2. The van der Waals surface area contributed by atoms with Crippen LogP contribution in [-0.2, 0) is 0 Å². The first-order chi connectivity index (χ1) is 5.65. The van der Waals surface area contributed by atoms with E-state index in [1.807, 2.05) is 13.8 Å². The third-order valence-corrected chi connectivity index (χ3v) is 1.49. The summed E-state index contributed by atoms with van der Waals surface area (Å²) < 4.78 is 0. The number of nitrogens with one attached hydrogen (secondary N) is 1. The fraction of sp³-hybridized carbons (Fsp3) is 0.429. The highest BCUT2D eigenvalue weighted by Crippen LogP contribution is 2.16. The molecule has 0 aromatic carbocycles. The molecule has 0 bridgehead atoms. The van der Waals surface area contributed by atoms with Gasteiger partial charge in [-0.15, -0.1) is 0 Å². The SMILES string of the molecule is CC(C)c1ncc(N)c(NN)n1. The van der Waals surface area contributed by atoms with Crippen LogP contribution in [0.2, 0.25) is 0 Å². The van der Waals surface area contributed by atoms with Crippen LogP contribution in [0.15, 0.2) is 6.20 Å². The molecule has 1 rings (SSSR count). The van der Waals surface area contributed by atoms with Crippen molar-refractivity contribution < 1.29 is 0 Å². The zero-order valence-corrected chi connectivity index (χ0v) is 7.20. The lowest BCUT2D eigenvalue weighted by atomic mass is 10.2. The van der Waals surface area contributed by atoms with Crippen LogP contribution in [-0.4, -0.2) is 9.97 Å². The number of hydrogen-bond donors (Lipinski definition) is 3. The highest BCUT2D eigenvalue weighted by molar-refractivity contribution is 5.58. The molecule has 0 aliphatic heterocycles. The van der Waals surface area contributed by atoms with E-state index in [0.717, 1.165) is 5.82 Å². The van der Waals surface area contributed by atoms with E-state index in [1.165, 1.54) is 0 Å². The smallest absolute Gasteiger partial charge is 0.166 e. The van der Waals surface area contributed by atoms with Crippen molar-refractivity contribution in [2.75, 3.05) is 11.2 Å². The second-order valence-corrected chi connectivity index (χ2v) is 2.83. The van der Waals surface area contributed by atoms with E-state index >= 15 is 0 Å². The lowest BCUT2D eigenvalue weighted by Gasteiger charge is -2.07. The number of hydrazine groups is 1. The van der Waals surface area contributed by atoms with E-state index in [1.54, 1.807) is 6.20 Å². The van der Waals surface area contributed by atoms with E-state index in [-0.39, 0.29) is 5.92 Å². The van der Waals surface area contributed by atoms with E-state index in [2.05, 4.69) is 15.4 Å². The topological polar surface area (TPSA) is 89.8 Å². The van der Waals surface area contributed by atoms with Gasteiger partial charge in [0.05, 0.1) is 11.9 Å². The molecule has 0 unspecified atom stereocenters. The molecule has 0 amide bonds. The van der Waals surface area contributed by atoms with Gasteiger partial charge in [-0.1, -0.05) is 13.8 Å². The maximum absolute atomic E-state index is 5.53. The molecule has 5 N–H and O–H groups in total. The maximum atomic E-state index is 5.53. The van der Waals surface area contributed by atoms with Gasteiger partial charge in [-0.05, 0) is 0 Å². The maximum Gasteiger partial charge on any atom is 0.166 e. The van der Waals surface area contributed by atoms with Gasteiger partial charge in [0.2, 0.25) is 0 Å². The molecule has 12 heavy (non-hydrogen) atoms. The third kappa shape index (κ3) is 1.62. The van der Waals surface area contributed by atoms with Crippen molar-refractivity contribution in [1.82, 2.24) is 9.97 Å². The highest BCUT2D eigenvalue weighted by atomic mass is 15.3. The molecule has 5 heteroatoms. The quantitative estimate of drug-likeness (QED) is 0.440. The van der Waals surface area contributed by atoms with E-state index in [0.29, 0.717) is 11.5 Å². The Morgan fingerprint density at radius 3 is 2.67 bits per heavy atom. The molecule has 5 nitrogen and oxygen atoms in total. The number of nitrogens with two attached hydrogens (primary N) is 2. The monoisotopic (exact) mass is 167 g/mol. The molecular formula is C7H13N5. The standard InChI is InChI=1S/C7H13N5/c1-4(2)6-10-3-5(8)7(11-6)12-9/h3-4H,8-9H2,1-2H3,(H,10,11,12). The highest BCUT2D eigenvalue weighted by Gasteiger charge is 2.05. The summed E-state index contributed by atoms with van der Waals surface area (Å²) in [5.74, 6) is 6.69. The van der Waals surface area contributed by atoms with Gasteiger partial charge in [-0.3, -0.25) is 0 Å². The minimum Gasteiger partial charge on any atom is -0.394 e. The summed E-state index contributed by atoms with van der Waals surface area (Å²) in [6, 6.07) is 0. The first-order valence-corrected chi connectivity index (χ1v) is 3.74. The van der Waals surface area contributed by atoms with Gasteiger partial charge in [0, 0.05) is 5.92 Å². The van der Waals surface area contributed by atoms with Crippen molar-refractivity contribution in [3.05, 3.63) is 12.0 Å². The summed E-state index contributed by atoms with van der Waals surface area (Å²) >= 11 is 0. The van der Waals surface area contributed by atoms with Gasteiger partial charge < -0.3 is 11.2 Å². The van der Waals surface area contributed by atoms with Crippen LogP contribution < -0.4 is 17.0 Å². The van der Waals surface area contributed by atoms with Crippen molar-refractivity contribution in [3.63, 3.8) is 0 Å². The summed E-state index contributed by atoms with van der Waals surface area (Å²) in [4.78, 5) is 8.17. The summed E-state index contributed by atoms with van der Waals surface area (Å²) in [5.41, 5.74) is 8.41. The molecule has 0 fully saturated rings. The van der Waals surface area contributed by atoms with Gasteiger partial charge in [0.15, 0.2) is 5.82 Å². The predicted molar refractivity (Wildman–Crippen MR) is 48.3 cm³/mol. The first-order valence-electron chi connectivity index (χ1n) is 3.74. The Balaban J connectivity index is 3.05. The summed E-state index contributed by atoms with van der Waals surface area (Å²) in [6.07, 6.45) is 1.55. The average molecular weight is 167 g/mol. The van der Waals surface area contributed by atoms with Crippen LogP contribution in [0.25, 0.3) is 0 Å². The van der Waals surface area contributed by atoms with Gasteiger partial charge in [0.25, 0.3) is 0 Å². The van der Waals surface area contributed by atoms with Crippen molar-refractivity contribution in [2.45, 2.75) is 19.8 Å². The summed E-state index contributed by atoms with van der Waals surface area (Å²) in [7, 11) is 0. The Labute approximate surface area is 71.2 Å². The molecule has 1 heterocycles. The predicted octanol–water partition coefficient (Wildman–Crippen LogP) is 0.468. The first kappa shape index (κ1) is 8.73. The summed E-state index contributed by atoms with van der Waals surface area (Å²) in [6.45, 7) is 4.01. The van der Waals surface area contributed by atoms with Crippen LogP contribution in [0, 0.1) is 0 Å². The minimum atomic E-state index is 0.276. The number of nitrogen functional groups attached to an aromatic ring is 2. The van der Waals surface area contributed by atoms with E-state index < -0.39 is 0 Å². The number of anilines is 2. The van der Waals surface area contributed by atoms with Crippen molar-refractivity contribution in [3.8, 4) is 0 Å². The molecule has 0 saturated heterocycles. The normalized spacial score (nSPS) is 10.3. The molecule has 0 spiro atoms. The number of nitrogens with zero attached hydrogens (tertiary/aromatic N) is 2. The van der Waals surface area contributed by atoms with Gasteiger partial charge in [0.1, 0.15) is 5.82 Å². The number of rotatable bonds is 2. The minimum absolute atomic E-state index is 0.276. The largest absolute Gasteiger partial charge is 0.394 e. The Morgan fingerprint density at radius 2 is 2.17 bits per heavy atom. The molecule has 1 aromatic heterocycles. The van der Waals surface area contributed by atoms with Crippen LogP contribution in [0.4, 0.5) is 11.5 Å². The molecular weight excluding hydrogens is 154 g/mol. The Bertz CT molecular complexity index is 270. The van der Waals surface area contributed by atoms with Crippen LogP contribution in [0.3, 0.4) is 0 Å². The average Bonchev–Trinajstić information content (AvgIpc) is 2.05. The fourth-order valence-electron chi connectivity index (χ4n) is 0.799.